The van der Waals surface area contributed by atoms with Crippen LogP contribution in [0.3, 0.4) is 0 Å². The number of rotatable bonds is 6. The lowest BCUT2D eigenvalue weighted by atomic mass is 10.4. The van der Waals surface area contributed by atoms with Crippen molar-refractivity contribution < 1.29 is 9.53 Å². The van der Waals surface area contributed by atoms with Crippen LogP contribution in [0.4, 0.5) is 0 Å². The average molecular weight is 249 g/mol. The summed E-state index contributed by atoms with van der Waals surface area (Å²) in [4.78, 5) is 11.3. The highest BCUT2D eigenvalue weighted by Gasteiger charge is 2.14. The van der Waals surface area contributed by atoms with Gasteiger partial charge in [-0.3, -0.25) is 4.79 Å². The summed E-state index contributed by atoms with van der Waals surface area (Å²) in [6.07, 6.45) is 0.961. The van der Waals surface area contributed by atoms with Gasteiger partial charge in [-0.2, -0.15) is 23.5 Å². The zero-order valence-electron chi connectivity index (χ0n) is 9.16. The minimum atomic E-state index is 0.0135. The first-order valence-electron chi connectivity index (χ1n) is 5.36. The van der Waals surface area contributed by atoms with E-state index in [9.17, 15) is 4.79 Å². The fourth-order valence-corrected chi connectivity index (χ4v) is 3.85. The molecule has 88 valence electrons. The second kappa shape index (κ2) is 8.30. The molecule has 1 fully saturated rings. The first-order chi connectivity index (χ1) is 7.33. The molecule has 1 unspecified atom stereocenters. The van der Waals surface area contributed by atoms with Crippen molar-refractivity contribution in [1.82, 2.24) is 5.32 Å². The van der Waals surface area contributed by atoms with Crippen LogP contribution in [-0.4, -0.2) is 48.2 Å². The van der Waals surface area contributed by atoms with Crippen molar-refractivity contribution >= 4 is 29.4 Å². The van der Waals surface area contributed by atoms with Crippen LogP contribution in [0.25, 0.3) is 0 Å². The van der Waals surface area contributed by atoms with Crippen molar-refractivity contribution in [2.75, 3.05) is 37.0 Å². The minimum absolute atomic E-state index is 0.0135. The lowest BCUT2D eigenvalue weighted by Crippen LogP contribution is -2.35. The summed E-state index contributed by atoms with van der Waals surface area (Å²) in [6.45, 7) is 3.69. The monoisotopic (exact) mass is 249 g/mol. The van der Waals surface area contributed by atoms with Gasteiger partial charge < -0.3 is 10.1 Å². The van der Waals surface area contributed by atoms with E-state index in [1.54, 1.807) is 0 Å². The molecule has 0 aromatic heterocycles. The van der Waals surface area contributed by atoms with Gasteiger partial charge in [0.25, 0.3) is 0 Å². The van der Waals surface area contributed by atoms with E-state index in [-0.39, 0.29) is 12.5 Å². The summed E-state index contributed by atoms with van der Waals surface area (Å²) in [5.41, 5.74) is 0. The Kier molecular flexibility index (Phi) is 7.30. The number of hydrogen-bond acceptors (Lipinski definition) is 4. The Morgan fingerprint density at radius 2 is 2.40 bits per heavy atom. The van der Waals surface area contributed by atoms with Gasteiger partial charge in [0.15, 0.2) is 0 Å². The maximum Gasteiger partial charge on any atom is 0.246 e. The molecule has 0 saturated carbocycles. The van der Waals surface area contributed by atoms with E-state index in [1.165, 1.54) is 11.5 Å². The standard InChI is InChI=1S/C10H19NO2S2/c1-2-3-13-7-10(12)11-6-9-8-14-4-5-15-9/h9H,2-8H2,1H3,(H,11,12). The van der Waals surface area contributed by atoms with E-state index in [2.05, 4.69) is 5.32 Å². The van der Waals surface area contributed by atoms with Gasteiger partial charge in [-0.1, -0.05) is 6.92 Å². The molecule has 1 heterocycles. The van der Waals surface area contributed by atoms with Crippen molar-refractivity contribution in [2.45, 2.75) is 18.6 Å². The SMILES string of the molecule is CCCOCC(=O)NCC1CSCCS1. The van der Waals surface area contributed by atoms with Gasteiger partial charge in [-0.05, 0) is 6.42 Å². The fraction of sp³-hybridized carbons (Fsp3) is 0.900. The van der Waals surface area contributed by atoms with E-state index in [4.69, 9.17) is 4.74 Å². The quantitative estimate of drug-likeness (QED) is 0.722. The summed E-state index contributed by atoms with van der Waals surface area (Å²) >= 11 is 3.93. The van der Waals surface area contributed by atoms with Gasteiger partial charge in [0.1, 0.15) is 6.61 Å². The maximum atomic E-state index is 11.3. The molecule has 5 heteroatoms. The summed E-state index contributed by atoms with van der Waals surface area (Å²) in [5.74, 6) is 3.62. The molecule has 1 N–H and O–H groups in total. The Bertz CT molecular complexity index is 184. The third kappa shape index (κ3) is 6.33. The van der Waals surface area contributed by atoms with Gasteiger partial charge in [0.2, 0.25) is 5.91 Å². The highest BCUT2D eigenvalue weighted by atomic mass is 32.2. The zero-order chi connectivity index (χ0) is 10.9. The predicted molar refractivity (Wildman–Crippen MR) is 67.7 cm³/mol. The van der Waals surface area contributed by atoms with Crippen molar-refractivity contribution in [3.8, 4) is 0 Å². The largest absolute Gasteiger partial charge is 0.372 e. The van der Waals surface area contributed by atoms with Gasteiger partial charge in [0, 0.05) is 35.7 Å². The molecular weight excluding hydrogens is 230 g/mol. The fourth-order valence-electron chi connectivity index (χ4n) is 1.24. The number of carbonyl (C=O) groups is 1. The molecule has 15 heavy (non-hydrogen) atoms. The molecule has 3 nitrogen and oxygen atoms in total. The molecule has 0 aliphatic carbocycles. The summed E-state index contributed by atoms with van der Waals surface area (Å²) in [6, 6.07) is 0. The Morgan fingerprint density at radius 3 is 3.07 bits per heavy atom. The Morgan fingerprint density at radius 1 is 1.53 bits per heavy atom. The van der Waals surface area contributed by atoms with Crippen LogP contribution in [0.1, 0.15) is 13.3 Å². The average Bonchev–Trinajstić information content (AvgIpc) is 2.28. The van der Waals surface area contributed by atoms with Crippen molar-refractivity contribution in [1.29, 1.82) is 0 Å². The molecule has 1 saturated heterocycles. The molecule has 1 amide bonds. The Balaban J connectivity index is 2.00. The van der Waals surface area contributed by atoms with Crippen LogP contribution in [-0.2, 0) is 9.53 Å². The van der Waals surface area contributed by atoms with Gasteiger partial charge in [-0.25, -0.2) is 0 Å². The molecule has 1 aliphatic heterocycles. The van der Waals surface area contributed by atoms with E-state index >= 15 is 0 Å². The van der Waals surface area contributed by atoms with Crippen LogP contribution in [0, 0.1) is 0 Å². The lowest BCUT2D eigenvalue weighted by molar-refractivity contribution is -0.125. The third-order valence-electron chi connectivity index (χ3n) is 1.99. The number of carbonyl (C=O) groups excluding carboxylic acids is 1. The molecular formula is C10H19NO2S2. The maximum absolute atomic E-state index is 11.3. The Labute approximate surface area is 100 Å². The molecule has 0 spiro atoms. The van der Waals surface area contributed by atoms with Gasteiger partial charge in [-0.15, -0.1) is 0 Å². The summed E-state index contributed by atoms with van der Waals surface area (Å²) in [5, 5.41) is 3.50. The topological polar surface area (TPSA) is 38.3 Å². The summed E-state index contributed by atoms with van der Waals surface area (Å²) in [7, 11) is 0. The molecule has 1 rings (SSSR count). The first kappa shape index (κ1) is 13.2. The molecule has 1 aliphatic rings. The van der Waals surface area contributed by atoms with Crippen molar-refractivity contribution in [3.63, 3.8) is 0 Å². The third-order valence-corrected chi connectivity index (χ3v) is 4.84. The van der Waals surface area contributed by atoms with E-state index < -0.39 is 0 Å². The number of hydrogen-bond donors (Lipinski definition) is 1. The molecule has 0 aromatic carbocycles. The minimum Gasteiger partial charge on any atom is -0.372 e. The lowest BCUT2D eigenvalue weighted by Gasteiger charge is -2.21. The smallest absolute Gasteiger partial charge is 0.246 e. The number of amides is 1. The highest BCUT2D eigenvalue weighted by molar-refractivity contribution is 8.06. The van der Waals surface area contributed by atoms with Crippen molar-refractivity contribution in [3.05, 3.63) is 0 Å². The van der Waals surface area contributed by atoms with E-state index in [0.29, 0.717) is 11.9 Å². The second-order valence-electron chi connectivity index (χ2n) is 3.42. The van der Waals surface area contributed by atoms with E-state index in [0.717, 1.165) is 18.7 Å². The first-order valence-corrected chi connectivity index (χ1v) is 7.57. The second-order valence-corrected chi connectivity index (χ2v) is 5.98. The van der Waals surface area contributed by atoms with Crippen LogP contribution in [0.5, 0.6) is 0 Å². The molecule has 0 radical (unpaired) electrons. The molecule has 1 atom stereocenters. The number of nitrogens with one attached hydrogen (secondary N) is 1. The number of thioether (sulfide) groups is 2. The normalized spacial score (nSPS) is 21.3. The molecule has 0 bridgehead atoms. The summed E-state index contributed by atoms with van der Waals surface area (Å²) < 4.78 is 5.16. The van der Waals surface area contributed by atoms with Crippen LogP contribution in [0.15, 0.2) is 0 Å². The Hall–Kier alpha value is 0.130. The van der Waals surface area contributed by atoms with Crippen LogP contribution in [0.2, 0.25) is 0 Å². The predicted octanol–water partition coefficient (Wildman–Crippen LogP) is 1.38. The van der Waals surface area contributed by atoms with Crippen molar-refractivity contribution in [2.24, 2.45) is 0 Å². The molecule has 0 aromatic rings. The van der Waals surface area contributed by atoms with E-state index in [1.807, 2.05) is 30.4 Å². The van der Waals surface area contributed by atoms with Crippen LogP contribution >= 0.6 is 23.5 Å². The van der Waals surface area contributed by atoms with Crippen LogP contribution < -0.4 is 5.32 Å². The number of ether oxygens (including phenoxy) is 1. The highest BCUT2D eigenvalue weighted by Crippen LogP contribution is 2.23. The zero-order valence-corrected chi connectivity index (χ0v) is 10.8. The van der Waals surface area contributed by atoms with Gasteiger partial charge >= 0.3 is 0 Å². The van der Waals surface area contributed by atoms with Gasteiger partial charge in [0.05, 0.1) is 0 Å².